The van der Waals surface area contributed by atoms with E-state index in [0.717, 1.165) is 60.0 Å². The van der Waals surface area contributed by atoms with Gasteiger partial charge in [-0.2, -0.15) is 5.10 Å². The molecule has 2 aliphatic rings. The van der Waals surface area contributed by atoms with E-state index in [2.05, 4.69) is 30.9 Å². The molecule has 6 rings (SSSR count). The normalized spacial score (nSPS) is 16.2. The van der Waals surface area contributed by atoms with Crippen molar-refractivity contribution >= 4 is 28.4 Å². The quantitative estimate of drug-likeness (QED) is 0.389. The van der Waals surface area contributed by atoms with E-state index >= 15 is 0 Å². The second kappa shape index (κ2) is 10.7. The van der Waals surface area contributed by atoms with Crippen LogP contribution in [0.3, 0.4) is 0 Å². The molecule has 0 N–H and O–H groups in total. The van der Waals surface area contributed by atoms with Gasteiger partial charge in [0.25, 0.3) is 5.91 Å². The molecule has 1 amide bonds. The molecule has 0 unspecified atom stereocenters. The van der Waals surface area contributed by atoms with Crippen LogP contribution in [0.25, 0.3) is 11.0 Å². The SMILES string of the molecule is COc1ccccc1N1CCN(c2ncnc3c2cnn3Cc2cccc(C(=O)N3CCOCC3)c2)CC1. The molecule has 10 nitrogen and oxygen atoms in total. The van der Waals surface area contributed by atoms with Crippen molar-refractivity contribution in [2.45, 2.75) is 6.54 Å². The van der Waals surface area contributed by atoms with Crippen LogP contribution in [-0.4, -0.2) is 90.1 Å². The highest BCUT2D eigenvalue weighted by Gasteiger charge is 2.23. The van der Waals surface area contributed by atoms with Gasteiger partial charge in [-0.3, -0.25) is 4.79 Å². The number of morpholine rings is 1. The van der Waals surface area contributed by atoms with Gasteiger partial charge in [0, 0.05) is 44.8 Å². The zero-order chi connectivity index (χ0) is 25.9. The molecule has 0 atom stereocenters. The number of ether oxygens (including phenoxy) is 2. The number of benzene rings is 2. The average molecular weight is 514 g/mol. The fraction of sp³-hybridized carbons (Fsp3) is 0.357. The van der Waals surface area contributed by atoms with E-state index in [1.165, 1.54) is 0 Å². The van der Waals surface area contributed by atoms with Crippen molar-refractivity contribution in [3.05, 3.63) is 72.2 Å². The maximum Gasteiger partial charge on any atom is 0.254 e. The molecule has 4 aromatic rings. The maximum absolute atomic E-state index is 12.9. The van der Waals surface area contributed by atoms with Crippen molar-refractivity contribution in [3.63, 3.8) is 0 Å². The topological polar surface area (TPSA) is 88.8 Å². The van der Waals surface area contributed by atoms with E-state index in [1.807, 2.05) is 58.2 Å². The molecule has 2 aliphatic heterocycles. The van der Waals surface area contributed by atoms with Crippen molar-refractivity contribution < 1.29 is 14.3 Å². The highest BCUT2D eigenvalue weighted by atomic mass is 16.5. The molecule has 2 fully saturated rings. The van der Waals surface area contributed by atoms with E-state index < -0.39 is 0 Å². The van der Waals surface area contributed by atoms with Gasteiger partial charge in [-0.25, -0.2) is 14.6 Å². The lowest BCUT2D eigenvalue weighted by Crippen LogP contribution is -2.47. The number of aromatic nitrogens is 4. The average Bonchev–Trinajstić information content (AvgIpc) is 3.40. The summed E-state index contributed by atoms with van der Waals surface area (Å²) in [5.74, 6) is 1.83. The molecular formula is C28H31N7O3. The molecule has 0 bridgehead atoms. The fourth-order valence-electron chi connectivity index (χ4n) is 5.22. The Hall–Kier alpha value is -4.18. The van der Waals surface area contributed by atoms with Crippen LogP contribution < -0.4 is 14.5 Å². The van der Waals surface area contributed by atoms with Crippen molar-refractivity contribution in [2.24, 2.45) is 0 Å². The van der Waals surface area contributed by atoms with Crippen LogP contribution in [0.2, 0.25) is 0 Å². The van der Waals surface area contributed by atoms with Gasteiger partial charge >= 0.3 is 0 Å². The van der Waals surface area contributed by atoms with E-state index in [1.54, 1.807) is 13.4 Å². The first-order valence-electron chi connectivity index (χ1n) is 13.0. The minimum atomic E-state index is 0.0392. The van der Waals surface area contributed by atoms with E-state index in [9.17, 15) is 4.79 Å². The number of fused-ring (bicyclic) bond motifs is 1. The number of hydrogen-bond acceptors (Lipinski definition) is 8. The smallest absolute Gasteiger partial charge is 0.254 e. The van der Waals surface area contributed by atoms with Crippen LogP contribution in [0, 0.1) is 0 Å². The summed E-state index contributed by atoms with van der Waals surface area (Å²) in [6.07, 6.45) is 3.46. The Morgan fingerprint density at radius 2 is 1.74 bits per heavy atom. The summed E-state index contributed by atoms with van der Waals surface area (Å²) in [6, 6.07) is 15.9. The third kappa shape index (κ3) is 4.74. The number of carbonyl (C=O) groups is 1. The van der Waals surface area contributed by atoms with E-state index in [-0.39, 0.29) is 5.91 Å². The number of rotatable bonds is 6. The zero-order valence-electron chi connectivity index (χ0n) is 21.5. The Bertz CT molecular complexity index is 1430. The Morgan fingerprint density at radius 1 is 0.947 bits per heavy atom. The molecule has 0 saturated carbocycles. The van der Waals surface area contributed by atoms with Crippen molar-refractivity contribution in [1.29, 1.82) is 0 Å². The summed E-state index contributed by atoms with van der Waals surface area (Å²) in [5.41, 5.74) is 3.58. The van der Waals surface area contributed by atoms with Gasteiger partial charge in [-0.1, -0.05) is 24.3 Å². The van der Waals surface area contributed by atoms with Gasteiger partial charge in [-0.15, -0.1) is 0 Å². The third-order valence-electron chi connectivity index (χ3n) is 7.22. The van der Waals surface area contributed by atoms with Crippen molar-refractivity contribution in [1.82, 2.24) is 24.6 Å². The first kappa shape index (κ1) is 24.2. The molecule has 2 saturated heterocycles. The first-order valence-corrected chi connectivity index (χ1v) is 13.0. The van der Waals surface area contributed by atoms with Gasteiger partial charge in [0.05, 0.1) is 44.1 Å². The second-order valence-corrected chi connectivity index (χ2v) is 9.49. The number of hydrogen-bond donors (Lipinski definition) is 0. The Morgan fingerprint density at radius 3 is 2.55 bits per heavy atom. The summed E-state index contributed by atoms with van der Waals surface area (Å²) in [6.45, 7) is 6.34. The molecule has 10 heteroatoms. The summed E-state index contributed by atoms with van der Waals surface area (Å²) < 4.78 is 12.8. The largest absolute Gasteiger partial charge is 0.495 e. The van der Waals surface area contributed by atoms with Crippen LogP contribution in [0.1, 0.15) is 15.9 Å². The van der Waals surface area contributed by atoms with Crippen LogP contribution in [0.5, 0.6) is 5.75 Å². The Balaban J connectivity index is 1.18. The van der Waals surface area contributed by atoms with E-state index in [4.69, 9.17) is 9.47 Å². The third-order valence-corrected chi connectivity index (χ3v) is 7.22. The van der Waals surface area contributed by atoms with Gasteiger partial charge in [0.1, 0.15) is 17.9 Å². The number of piperazine rings is 1. The molecule has 4 heterocycles. The molecule has 196 valence electrons. The predicted octanol–water partition coefficient (Wildman–Crippen LogP) is 2.68. The van der Waals surface area contributed by atoms with E-state index in [0.29, 0.717) is 38.4 Å². The second-order valence-electron chi connectivity index (χ2n) is 9.49. The molecule has 0 radical (unpaired) electrons. The standard InChI is InChI=1S/C28H31N7O3/c1-37-25-8-3-2-7-24(25)32-9-11-33(12-10-32)26-23-18-31-35(27(23)30-20-29-26)19-21-5-4-6-22(17-21)28(36)34-13-15-38-16-14-34/h2-8,17-18,20H,9-16,19H2,1H3. The van der Waals surface area contributed by atoms with Crippen LogP contribution in [0.4, 0.5) is 11.5 Å². The molecule has 0 aliphatic carbocycles. The summed E-state index contributed by atoms with van der Waals surface area (Å²) in [7, 11) is 1.71. The number of para-hydroxylation sites is 2. The molecule has 2 aromatic heterocycles. The number of methoxy groups -OCH3 is 1. The highest BCUT2D eigenvalue weighted by molar-refractivity contribution is 5.94. The van der Waals surface area contributed by atoms with Crippen molar-refractivity contribution in [3.8, 4) is 5.75 Å². The summed E-state index contributed by atoms with van der Waals surface area (Å²) in [4.78, 5) is 28.6. The van der Waals surface area contributed by atoms with Crippen molar-refractivity contribution in [2.75, 3.05) is 69.4 Å². The van der Waals surface area contributed by atoms with Crippen LogP contribution in [0.15, 0.2) is 61.1 Å². The molecule has 2 aromatic carbocycles. The van der Waals surface area contributed by atoms with Gasteiger partial charge in [-0.05, 0) is 29.8 Å². The first-order chi connectivity index (χ1) is 18.7. The fourth-order valence-corrected chi connectivity index (χ4v) is 5.22. The zero-order valence-corrected chi connectivity index (χ0v) is 21.5. The Kier molecular flexibility index (Phi) is 6.78. The highest BCUT2D eigenvalue weighted by Crippen LogP contribution is 2.30. The molecule has 0 spiro atoms. The summed E-state index contributed by atoms with van der Waals surface area (Å²) >= 11 is 0. The summed E-state index contributed by atoms with van der Waals surface area (Å²) in [5, 5.41) is 5.57. The van der Waals surface area contributed by atoms with Crippen LogP contribution in [-0.2, 0) is 11.3 Å². The van der Waals surface area contributed by atoms with Gasteiger partial charge < -0.3 is 24.2 Å². The number of anilines is 2. The lowest BCUT2D eigenvalue weighted by atomic mass is 10.1. The van der Waals surface area contributed by atoms with Gasteiger partial charge in [0.2, 0.25) is 0 Å². The Labute approximate surface area is 221 Å². The lowest BCUT2D eigenvalue weighted by Gasteiger charge is -2.37. The van der Waals surface area contributed by atoms with Gasteiger partial charge in [0.15, 0.2) is 5.65 Å². The number of carbonyl (C=O) groups excluding carboxylic acids is 1. The minimum Gasteiger partial charge on any atom is -0.495 e. The maximum atomic E-state index is 12.9. The van der Waals surface area contributed by atoms with Crippen LogP contribution >= 0.6 is 0 Å². The number of amides is 1. The number of nitrogens with zero attached hydrogens (tertiary/aromatic N) is 7. The lowest BCUT2D eigenvalue weighted by molar-refractivity contribution is 0.0303. The molecular weight excluding hydrogens is 482 g/mol. The monoisotopic (exact) mass is 513 g/mol. The predicted molar refractivity (Wildman–Crippen MR) is 145 cm³/mol. The molecule has 38 heavy (non-hydrogen) atoms. The minimum absolute atomic E-state index is 0.0392.